The Kier molecular flexibility index (Phi) is 4.97. The molecule has 0 spiro atoms. The number of phenols is 1. The minimum atomic E-state index is -1.31. The van der Waals surface area contributed by atoms with Gasteiger partial charge < -0.3 is 10.2 Å². The van der Waals surface area contributed by atoms with Gasteiger partial charge in [0.25, 0.3) is 5.91 Å². The molecule has 8 heteroatoms. The second-order valence-corrected chi connectivity index (χ2v) is 7.29. The third-order valence-corrected chi connectivity index (χ3v) is 5.35. The topological polar surface area (TPSA) is 77.8 Å². The van der Waals surface area contributed by atoms with E-state index < -0.39 is 23.4 Å². The lowest BCUT2D eigenvalue weighted by Gasteiger charge is -2.18. The summed E-state index contributed by atoms with van der Waals surface area (Å²) in [6, 6.07) is 12.7. The molecule has 1 aliphatic heterocycles. The number of carboxylic acids is 1. The fraction of sp³-hybridized carbons (Fsp3) is 0. The van der Waals surface area contributed by atoms with Crippen LogP contribution in [0.15, 0.2) is 54.6 Å². The van der Waals surface area contributed by atoms with Crippen LogP contribution in [-0.2, 0) is 4.79 Å². The molecule has 1 aliphatic rings. The van der Waals surface area contributed by atoms with Crippen LogP contribution in [0.25, 0.3) is 11.6 Å². The number of aromatic carboxylic acids is 1. The van der Waals surface area contributed by atoms with Crippen molar-refractivity contribution in [2.45, 2.75) is 0 Å². The van der Waals surface area contributed by atoms with Gasteiger partial charge in [0.05, 0.1) is 16.9 Å². The van der Waals surface area contributed by atoms with Crippen molar-refractivity contribution in [3.8, 4) is 5.75 Å². The van der Waals surface area contributed by atoms with Gasteiger partial charge in [0.15, 0.2) is 0 Å². The minimum absolute atomic E-state index is 0.0277. The number of aromatic hydroxyl groups is 1. The fourth-order valence-corrected chi connectivity index (χ4v) is 3.83. The van der Waals surface area contributed by atoms with Crippen LogP contribution in [-0.4, -0.2) is 22.1 Å². The van der Waals surface area contributed by atoms with Gasteiger partial charge in [-0.25, -0.2) is 9.18 Å². The van der Waals surface area contributed by atoms with Crippen LogP contribution >= 0.6 is 23.2 Å². The average molecular weight is 444 g/mol. The highest BCUT2D eigenvalue weighted by Crippen LogP contribution is 2.45. The standard InChI is InChI=1S/C22H12Cl2FNO4/c23-15-3-1-4-16(24)13(15)10-14-20-17(25)5-2-6-18(20)26(21(14)28)11-7-8-12(22(29)30)19(27)9-11/h1-10,27H,(H,29,30). The summed E-state index contributed by atoms with van der Waals surface area (Å²) >= 11 is 12.4. The number of carboxylic acid groups (broad SMARTS) is 1. The summed E-state index contributed by atoms with van der Waals surface area (Å²) in [5.74, 6) is -3.03. The molecule has 5 nitrogen and oxygen atoms in total. The van der Waals surface area contributed by atoms with Crippen LogP contribution in [0.4, 0.5) is 15.8 Å². The molecule has 3 aromatic rings. The first-order chi connectivity index (χ1) is 14.3. The molecule has 4 rings (SSSR count). The molecule has 0 atom stereocenters. The number of fused-ring (bicyclic) bond motifs is 1. The van der Waals surface area contributed by atoms with Crippen LogP contribution < -0.4 is 4.90 Å². The lowest BCUT2D eigenvalue weighted by molar-refractivity contribution is -0.112. The first kappa shape index (κ1) is 19.9. The van der Waals surface area contributed by atoms with E-state index in [9.17, 15) is 19.1 Å². The Hall–Kier alpha value is -3.35. The van der Waals surface area contributed by atoms with E-state index in [1.807, 2.05) is 0 Å². The van der Waals surface area contributed by atoms with Crippen molar-refractivity contribution in [2.24, 2.45) is 0 Å². The van der Waals surface area contributed by atoms with E-state index in [0.717, 1.165) is 6.07 Å². The Balaban J connectivity index is 1.92. The molecule has 0 unspecified atom stereocenters. The number of nitrogens with zero attached hydrogens (tertiary/aromatic N) is 1. The molecule has 2 N–H and O–H groups in total. The molecule has 30 heavy (non-hydrogen) atoms. The quantitative estimate of drug-likeness (QED) is 0.504. The Morgan fingerprint density at radius 1 is 1.03 bits per heavy atom. The van der Waals surface area contributed by atoms with Gasteiger partial charge in [-0.2, -0.15) is 0 Å². The maximum Gasteiger partial charge on any atom is 0.339 e. The zero-order valence-electron chi connectivity index (χ0n) is 15.1. The molecule has 150 valence electrons. The Bertz CT molecular complexity index is 1240. The summed E-state index contributed by atoms with van der Waals surface area (Å²) in [5.41, 5.74) is 0.563. The number of rotatable bonds is 3. The van der Waals surface area contributed by atoms with E-state index in [1.165, 1.54) is 35.2 Å². The minimum Gasteiger partial charge on any atom is -0.507 e. The third-order valence-electron chi connectivity index (χ3n) is 4.69. The number of benzene rings is 3. The van der Waals surface area contributed by atoms with Gasteiger partial charge in [-0.3, -0.25) is 9.69 Å². The molecule has 0 aliphatic carbocycles. The molecule has 0 bridgehead atoms. The lowest BCUT2D eigenvalue weighted by atomic mass is 10.0. The number of anilines is 2. The smallest absolute Gasteiger partial charge is 0.339 e. The zero-order valence-corrected chi connectivity index (χ0v) is 16.6. The van der Waals surface area contributed by atoms with Gasteiger partial charge in [-0.1, -0.05) is 35.3 Å². The van der Waals surface area contributed by atoms with E-state index in [-0.39, 0.29) is 28.1 Å². The molecular formula is C22H12Cl2FNO4. The van der Waals surface area contributed by atoms with E-state index in [4.69, 9.17) is 28.3 Å². The van der Waals surface area contributed by atoms with E-state index in [1.54, 1.807) is 24.3 Å². The molecule has 0 saturated carbocycles. The van der Waals surface area contributed by atoms with Gasteiger partial charge >= 0.3 is 5.97 Å². The second-order valence-electron chi connectivity index (χ2n) is 6.47. The zero-order chi connectivity index (χ0) is 21.6. The van der Waals surface area contributed by atoms with Crippen molar-refractivity contribution in [1.29, 1.82) is 0 Å². The number of carbonyl (C=O) groups is 2. The Labute approximate surface area is 180 Å². The largest absolute Gasteiger partial charge is 0.507 e. The summed E-state index contributed by atoms with van der Waals surface area (Å²) < 4.78 is 14.7. The van der Waals surface area contributed by atoms with Crippen LogP contribution in [0.5, 0.6) is 5.75 Å². The predicted molar refractivity (Wildman–Crippen MR) is 113 cm³/mol. The number of carbonyl (C=O) groups excluding carboxylic acids is 1. The van der Waals surface area contributed by atoms with Gasteiger partial charge in [0.1, 0.15) is 17.1 Å². The predicted octanol–water partition coefficient (Wildman–Crippen LogP) is 5.76. The fourth-order valence-electron chi connectivity index (χ4n) is 3.33. The van der Waals surface area contributed by atoms with Crippen LogP contribution in [0, 0.1) is 5.82 Å². The van der Waals surface area contributed by atoms with Crippen molar-refractivity contribution in [3.63, 3.8) is 0 Å². The molecular weight excluding hydrogens is 432 g/mol. The van der Waals surface area contributed by atoms with Crippen molar-refractivity contribution >= 4 is 58.1 Å². The summed E-state index contributed by atoms with van der Waals surface area (Å²) in [6.07, 6.45) is 1.42. The molecule has 1 heterocycles. The van der Waals surface area contributed by atoms with Gasteiger partial charge in [0.2, 0.25) is 0 Å². The maximum absolute atomic E-state index is 14.7. The molecule has 0 aromatic heterocycles. The number of amides is 1. The first-order valence-corrected chi connectivity index (χ1v) is 9.40. The molecule has 3 aromatic carbocycles. The number of halogens is 3. The molecule has 0 fully saturated rings. The van der Waals surface area contributed by atoms with Gasteiger partial charge in [-0.15, -0.1) is 0 Å². The van der Waals surface area contributed by atoms with Crippen molar-refractivity contribution in [2.75, 3.05) is 4.90 Å². The van der Waals surface area contributed by atoms with Gasteiger partial charge in [-0.05, 0) is 42.5 Å². The molecule has 1 amide bonds. The normalized spacial score (nSPS) is 14.3. The summed E-state index contributed by atoms with van der Waals surface area (Å²) in [7, 11) is 0. The van der Waals surface area contributed by atoms with Crippen molar-refractivity contribution in [3.05, 3.63) is 87.2 Å². The summed E-state index contributed by atoms with van der Waals surface area (Å²) in [4.78, 5) is 25.6. The second kappa shape index (κ2) is 7.48. The highest BCUT2D eigenvalue weighted by molar-refractivity contribution is 6.41. The summed E-state index contributed by atoms with van der Waals surface area (Å²) in [6.45, 7) is 0. The van der Waals surface area contributed by atoms with Crippen LogP contribution in [0.2, 0.25) is 10.0 Å². The van der Waals surface area contributed by atoms with E-state index in [2.05, 4.69) is 0 Å². The Morgan fingerprint density at radius 2 is 1.70 bits per heavy atom. The SMILES string of the molecule is O=C(O)c1ccc(N2C(=O)C(=Cc3c(Cl)cccc3Cl)c3c(F)cccc32)cc1O. The third kappa shape index (κ3) is 3.20. The van der Waals surface area contributed by atoms with Crippen molar-refractivity contribution in [1.82, 2.24) is 0 Å². The molecule has 0 radical (unpaired) electrons. The van der Waals surface area contributed by atoms with Crippen LogP contribution in [0.3, 0.4) is 0 Å². The van der Waals surface area contributed by atoms with Crippen molar-refractivity contribution < 1.29 is 24.2 Å². The number of hydrogen-bond donors (Lipinski definition) is 2. The van der Waals surface area contributed by atoms with E-state index >= 15 is 0 Å². The average Bonchev–Trinajstić information content (AvgIpc) is 2.97. The molecule has 0 saturated heterocycles. The van der Waals surface area contributed by atoms with Crippen LogP contribution in [0.1, 0.15) is 21.5 Å². The highest BCUT2D eigenvalue weighted by Gasteiger charge is 2.36. The monoisotopic (exact) mass is 443 g/mol. The Morgan fingerprint density at radius 3 is 2.33 bits per heavy atom. The number of hydrogen-bond acceptors (Lipinski definition) is 3. The lowest BCUT2D eigenvalue weighted by Crippen LogP contribution is -2.20. The van der Waals surface area contributed by atoms with E-state index in [0.29, 0.717) is 15.6 Å². The van der Waals surface area contributed by atoms with Gasteiger partial charge in [0, 0.05) is 27.2 Å². The first-order valence-electron chi connectivity index (χ1n) is 8.65. The maximum atomic E-state index is 14.7. The highest BCUT2D eigenvalue weighted by atomic mass is 35.5. The summed E-state index contributed by atoms with van der Waals surface area (Å²) in [5, 5.41) is 19.7.